The molecule has 474 valence electrons. The van der Waals surface area contributed by atoms with Crippen LogP contribution in [-0.2, 0) is 5.41 Å². The molecule has 0 radical (unpaired) electrons. The van der Waals surface area contributed by atoms with Crippen LogP contribution in [0.15, 0.2) is 345 Å². The molecule has 5 aliphatic rings. The third-order valence-corrected chi connectivity index (χ3v) is 21.3. The lowest BCUT2D eigenvalue weighted by atomic mass is 9.79. The van der Waals surface area contributed by atoms with E-state index in [0.717, 1.165) is 84.5 Å². The van der Waals surface area contributed by atoms with E-state index in [-0.39, 0.29) is 23.4 Å². The quantitative estimate of drug-likeness (QED) is 0.0748. The fraction of sp³-hybridized carbons (Fsp3) is 0.137. The SMILES string of the molecule is CC1(C)C2=C(CCC=C2)c2cc3c(N(c4cccc(-c5ccccc5)c4)C4C=CC=CC4c4ccccc4)c4cc(N(c5cccc(C6=CCCC=C6)c5)c5ccccc5-c5ccccc5)ccc4c(N(c4cccc(-c5ccccc5)c4)C4CCCC=C4c4ccccc4)c3cc21. The molecule has 3 atom stereocenters. The minimum absolute atomic E-state index is 0.0149. The highest BCUT2D eigenvalue weighted by Crippen LogP contribution is 2.58. The highest BCUT2D eigenvalue weighted by molar-refractivity contribution is 6.24. The zero-order valence-electron chi connectivity index (χ0n) is 55.9. The molecule has 0 aliphatic heterocycles. The average molecular weight is 1260 g/mol. The highest BCUT2D eigenvalue weighted by atomic mass is 15.2. The molecule has 3 heteroatoms. The average Bonchev–Trinajstić information content (AvgIpc) is 1.26. The van der Waals surface area contributed by atoms with Crippen LogP contribution in [0, 0.1) is 0 Å². The van der Waals surface area contributed by atoms with Crippen molar-refractivity contribution in [1.82, 2.24) is 0 Å². The van der Waals surface area contributed by atoms with Gasteiger partial charge in [0.05, 0.1) is 29.1 Å². The number of anilines is 7. The largest absolute Gasteiger partial charge is 0.333 e. The molecule has 98 heavy (non-hydrogen) atoms. The van der Waals surface area contributed by atoms with Crippen molar-refractivity contribution in [2.75, 3.05) is 14.7 Å². The minimum atomic E-state index is -0.256. The summed E-state index contributed by atoms with van der Waals surface area (Å²) in [6, 6.07) is 105. The van der Waals surface area contributed by atoms with Gasteiger partial charge < -0.3 is 14.7 Å². The van der Waals surface area contributed by atoms with Crippen molar-refractivity contribution in [3.63, 3.8) is 0 Å². The summed E-state index contributed by atoms with van der Waals surface area (Å²) in [5.74, 6) is -0.0149. The molecule has 3 nitrogen and oxygen atoms in total. The lowest BCUT2D eigenvalue weighted by Gasteiger charge is -2.42. The Balaban J connectivity index is 1.05. The second-order valence-electron chi connectivity index (χ2n) is 27.5. The number of para-hydroxylation sites is 1. The number of hydrogen-bond donors (Lipinski definition) is 0. The van der Waals surface area contributed by atoms with Crippen LogP contribution in [0.4, 0.5) is 39.8 Å². The van der Waals surface area contributed by atoms with Gasteiger partial charge >= 0.3 is 0 Å². The number of nitrogens with zero attached hydrogens (tertiary/aromatic N) is 3. The van der Waals surface area contributed by atoms with E-state index in [1.807, 2.05) is 0 Å². The Morgan fingerprint density at radius 3 is 1.65 bits per heavy atom. The molecule has 0 saturated heterocycles. The lowest BCUT2D eigenvalue weighted by Crippen LogP contribution is -2.36. The normalized spacial score (nSPS) is 17.5. The van der Waals surface area contributed by atoms with E-state index in [0.29, 0.717) is 0 Å². The second-order valence-corrected chi connectivity index (χ2v) is 27.5. The molecule has 0 N–H and O–H groups in total. The van der Waals surface area contributed by atoms with Crippen molar-refractivity contribution in [2.24, 2.45) is 0 Å². The summed E-state index contributed by atoms with van der Waals surface area (Å²) in [5.41, 5.74) is 26.8. The van der Waals surface area contributed by atoms with Crippen molar-refractivity contribution in [3.05, 3.63) is 373 Å². The first-order chi connectivity index (χ1) is 48.4. The Labute approximate surface area is 578 Å². The van der Waals surface area contributed by atoms with Crippen LogP contribution in [0.2, 0.25) is 0 Å². The van der Waals surface area contributed by atoms with Crippen LogP contribution in [0.1, 0.15) is 92.5 Å². The molecule has 0 saturated carbocycles. The fourth-order valence-corrected chi connectivity index (χ4v) is 16.7. The van der Waals surface area contributed by atoms with E-state index in [9.17, 15) is 0 Å². The van der Waals surface area contributed by atoms with Gasteiger partial charge in [0.2, 0.25) is 0 Å². The number of rotatable bonds is 15. The molecular formula is C95H79N3. The lowest BCUT2D eigenvalue weighted by molar-refractivity contribution is 0.646. The summed E-state index contributed by atoms with van der Waals surface area (Å²) in [7, 11) is 0. The predicted octanol–water partition coefficient (Wildman–Crippen LogP) is 25.8. The smallest absolute Gasteiger partial charge is 0.0629 e. The first kappa shape index (κ1) is 60.4. The third-order valence-electron chi connectivity index (χ3n) is 21.3. The highest BCUT2D eigenvalue weighted by Gasteiger charge is 2.41. The van der Waals surface area contributed by atoms with Gasteiger partial charge in [-0.3, -0.25) is 0 Å². The monoisotopic (exact) mass is 1260 g/mol. The van der Waals surface area contributed by atoms with Crippen molar-refractivity contribution >= 4 is 78.1 Å². The Hall–Kier alpha value is -11.3. The van der Waals surface area contributed by atoms with E-state index in [1.54, 1.807) is 0 Å². The van der Waals surface area contributed by atoms with E-state index >= 15 is 0 Å². The minimum Gasteiger partial charge on any atom is -0.333 e. The maximum Gasteiger partial charge on any atom is 0.0629 e. The van der Waals surface area contributed by atoms with E-state index < -0.39 is 0 Å². The van der Waals surface area contributed by atoms with Crippen LogP contribution in [0.5, 0.6) is 0 Å². The summed E-state index contributed by atoms with van der Waals surface area (Å²) >= 11 is 0. The van der Waals surface area contributed by atoms with Gasteiger partial charge in [-0.15, -0.1) is 0 Å². The molecule has 0 aromatic heterocycles. The molecule has 3 unspecified atom stereocenters. The van der Waals surface area contributed by atoms with Crippen molar-refractivity contribution in [3.8, 4) is 33.4 Å². The molecule has 5 aliphatic carbocycles. The van der Waals surface area contributed by atoms with Gasteiger partial charge in [-0.25, -0.2) is 0 Å². The number of fused-ring (bicyclic) bond motifs is 4. The van der Waals surface area contributed by atoms with Gasteiger partial charge in [-0.1, -0.05) is 287 Å². The Morgan fingerprint density at radius 1 is 0.388 bits per heavy atom. The molecule has 0 amide bonds. The van der Waals surface area contributed by atoms with E-state index in [2.05, 4.69) is 368 Å². The van der Waals surface area contributed by atoms with Crippen LogP contribution in [-0.4, -0.2) is 12.1 Å². The molecular weight excluding hydrogens is 1180 g/mol. The van der Waals surface area contributed by atoms with Gasteiger partial charge in [0.15, 0.2) is 0 Å². The summed E-state index contributed by atoms with van der Waals surface area (Å²) in [4.78, 5) is 8.14. The second kappa shape index (κ2) is 26.0. The van der Waals surface area contributed by atoms with Crippen LogP contribution in [0.25, 0.3) is 71.6 Å². The fourth-order valence-electron chi connectivity index (χ4n) is 16.7. The number of benzene rings is 12. The van der Waals surface area contributed by atoms with Gasteiger partial charge in [0.1, 0.15) is 0 Å². The Bertz CT molecular complexity index is 5220. The molecule has 0 heterocycles. The van der Waals surface area contributed by atoms with Crippen molar-refractivity contribution in [1.29, 1.82) is 0 Å². The van der Waals surface area contributed by atoms with Crippen molar-refractivity contribution < 1.29 is 0 Å². The zero-order valence-corrected chi connectivity index (χ0v) is 55.9. The van der Waals surface area contributed by atoms with Crippen LogP contribution < -0.4 is 14.7 Å². The molecule has 12 aromatic rings. The summed E-state index contributed by atoms with van der Waals surface area (Å²) in [6.07, 6.45) is 31.1. The summed E-state index contributed by atoms with van der Waals surface area (Å²) in [5, 5.41) is 4.82. The standard InChI is InChI=1S/C95H79N3/c1-95(2)88-54-25-21-53-82(88)84-64-86-87(65-89(84)95)93(97(76-48-30-45-73(61-76)67-34-11-4-12-35-67)91-56-27-23-51-80(91)70-40-17-7-18-41-70)83-59-58-78(96(75-47-29-44-72(60-75)66-32-9-3-10-33-66)90-55-26-22-50-79(90)69-38-15-6-16-39-69)63-85(83)94(86)98(77-49-31-46-74(62-77)68-36-13-5-14-37-68)92-57-28-24-52-81(92)71-42-19-8-20-43-71/h4-9,11-20,22,24-26,28-52,54-55,57-65,81,91-92H,3,10,21,23,27,53,56H2,1-2H3. The number of allylic oxidation sites excluding steroid dienone is 11. The van der Waals surface area contributed by atoms with Crippen LogP contribution in [0.3, 0.4) is 0 Å². The number of hydrogen-bond acceptors (Lipinski definition) is 3. The zero-order chi connectivity index (χ0) is 65.5. The van der Waals surface area contributed by atoms with E-state index in [4.69, 9.17) is 0 Å². The molecule has 17 rings (SSSR count). The van der Waals surface area contributed by atoms with Gasteiger partial charge in [-0.2, -0.15) is 0 Å². The summed E-state index contributed by atoms with van der Waals surface area (Å²) in [6.45, 7) is 4.95. The maximum atomic E-state index is 2.81. The topological polar surface area (TPSA) is 9.72 Å². The van der Waals surface area contributed by atoms with Crippen LogP contribution >= 0.6 is 0 Å². The molecule has 0 spiro atoms. The summed E-state index contributed by atoms with van der Waals surface area (Å²) < 4.78 is 0. The first-order valence-electron chi connectivity index (χ1n) is 35.4. The molecule has 12 aromatic carbocycles. The maximum absolute atomic E-state index is 2.81. The predicted molar refractivity (Wildman–Crippen MR) is 418 cm³/mol. The third kappa shape index (κ3) is 11.1. The van der Waals surface area contributed by atoms with Gasteiger partial charge in [0.25, 0.3) is 0 Å². The Morgan fingerprint density at radius 2 is 0.949 bits per heavy atom. The first-order valence-corrected chi connectivity index (χ1v) is 35.4. The van der Waals surface area contributed by atoms with E-state index in [1.165, 1.54) is 105 Å². The molecule has 0 fully saturated rings. The van der Waals surface area contributed by atoms with Gasteiger partial charge in [-0.05, 0) is 190 Å². The van der Waals surface area contributed by atoms with Crippen molar-refractivity contribution in [2.45, 2.75) is 82.2 Å². The van der Waals surface area contributed by atoms with Gasteiger partial charge in [0, 0.05) is 61.2 Å². The molecule has 0 bridgehead atoms. The Kier molecular flexibility index (Phi) is 16.1.